The van der Waals surface area contributed by atoms with Crippen LogP contribution in [0.5, 0.6) is 0 Å². The topological polar surface area (TPSA) is 53.3 Å². The first-order chi connectivity index (χ1) is 8.62. The van der Waals surface area contributed by atoms with E-state index in [4.69, 9.17) is 10.00 Å². The largest absolute Gasteiger partial charge is 0.465 e. The third kappa shape index (κ3) is 3.49. The third-order valence-electron chi connectivity index (χ3n) is 2.70. The van der Waals surface area contributed by atoms with Crippen LogP contribution in [0.4, 0.5) is 5.69 Å². The number of carbonyl (C=O) groups is 1. The summed E-state index contributed by atoms with van der Waals surface area (Å²) in [4.78, 5) is 13.4. The van der Waals surface area contributed by atoms with Crippen molar-refractivity contribution in [3.63, 3.8) is 0 Å². The van der Waals surface area contributed by atoms with Crippen molar-refractivity contribution in [2.24, 2.45) is 0 Å². The molecule has 96 valence electrons. The maximum absolute atomic E-state index is 11.5. The number of nitrogens with zero attached hydrogens (tertiary/aromatic N) is 2. The molecule has 0 bridgehead atoms. The molecule has 1 aromatic rings. The summed E-state index contributed by atoms with van der Waals surface area (Å²) < 4.78 is 4.94. The predicted octanol–water partition coefficient (Wildman–Crippen LogP) is 2.26. The lowest BCUT2D eigenvalue weighted by Crippen LogP contribution is -2.30. The van der Waals surface area contributed by atoms with Gasteiger partial charge in [-0.1, -0.05) is 0 Å². The van der Waals surface area contributed by atoms with E-state index >= 15 is 0 Å². The van der Waals surface area contributed by atoms with Gasteiger partial charge >= 0.3 is 5.97 Å². The van der Waals surface area contributed by atoms with Gasteiger partial charge in [0, 0.05) is 12.2 Å². The minimum Gasteiger partial charge on any atom is -0.465 e. The highest BCUT2D eigenvalue weighted by molar-refractivity contribution is 5.76. The zero-order valence-electron chi connectivity index (χ0n) is 11.1. The molecule has 0 aliphatic heterocycles. The first kappa shape index (κ1) is 14.0. The van der Waals surface area contributed by atoms with Gasteiger partial charge in [0.2, 0.25) is 0 Å². The van der Waals surface area contributed by atoms with Crippen molar-refractivity contribution in [1.29, 1.82) is 5.26 Å². The van der Waals surface area contributed by atoms with Crippen LogP contribution in [-0.2, 0) is 9.53 Å². The molecule has 18 heavy (non-hydrogen) atoms. The van der Waals surface area contributed by atoms with Crippen molar-refractivity contribution in [2.75, 3.05) is 24.6 Å². The molecular formula is C14H18N2O2. The number of aryl methyl sites for hydroxylation is 1. The second-order valence-corrected chi connectivity index (χ2v) is 3.93. The van der Waals surface area contributed by atoms with Crippen LogP contribution in [0, 0.1) is 18.3 Å². The molecule has 0 atom stereocenters. The van der Waals surface area contributed by atoms with E-state index < -0.39 is 0 Å². The van der Waals surface area contributed by atoms with Crippen LogP contribution in [-0.4, -0.2) is 25.7 Å². The Morgan fingerprint density at radius 2 is 2.17 bits per heavy atom. The van der Waals surface area contributed by atoms with Crippen LogP contribution in [0.15, 0.2) is 18.2 Å². The molecule has 1 aromatic carbocycles. The van der Waals surface area contributed by atoms with Crippen molar-refractivity contribution < 1.29 is 9.53 Å². The number of hydrogen-bond donors (Lipinski definition) is 0. The number of benzene rings is 1. The fourth-order valence-corrected chi connectivity index (χ4v) is 1.72. The molecule has 0 aliphatic carbocycles. The maximum Gasteiger partial charge on any atom is 0.325 e. The molecule has 0 N–H and O–H groups in total. The Morgan fingerprint density at radius 1 is 1.44 bits per heavy atom. The summed E-state index contributed by atoms with van der Waals surface area (Å²) in [5.74, 6) is -0.235. The number of rotatable bonds is 5. The molecule has 0 saturated carbocycles. The Kier molecular flexibility index (Phi) is 5.19. The van der Waals surface area contributed by atoms with Gasteiger partial charge in [0.25, 0.3) is 0 Å². The molecule has 0 aromatic heterocycles. The lowest BCUT2D eigenvalue weighted by molar-refractivity contribution is -0.141. The quantitative estimate of drug-likeness (QED) is 0.748. The molecule has 0 spiro atoms. The zero-order valence-corrected chi connectivity index (χ0v) is 11.1. The molecule has 0 radical (unpaired) electrons. The van der Waals surface area contributed by atoms with Gasteiger partial charge in [0.15, 0.2) is 0 Å². The maximum atomic E-state index is 11.5. The number of anilines is 1. The summed E-state index contributed by atoms with van der Waals surface area (Å²) in [6.07, 6.45) is 0. The highest BCUT2D eigenvalue weighted by atomic mass is 16.5. The van der Waals surface area contributed by atoms with Gasteiger partial charge in [-0.05, 0) is 44.5 Å². The summed E-state index contributed by atoms with van der Waals surface area (Å²) in [7, 11) is 0. The number of likely N-dealkylation sites (N-methyl/N-ethyl adjacent to an activating group) is 1. The average molecular weight is 246 g/mol. The van der Waals surface area contributed by atoms with Gasteiger partial charge in [0.1, 0.15) is 6.54 Å². The van der Waals surface area contributed by atoms with E-state index in [0.29, 0.717) is 18.7 Å². The van der Waals surface area contributed by atoms with E-state index in [1.807, 2.05) is 30.9 Å². The molecule has 1 rings (SSSR count). The van der Waals surface area contributed by atoms with Crippen molar-refractivity contribution in [1.82, 2.24) is 0 Å². The highest BCUT2D eigenvalue weighted by Gasteiger charge is 2.11. The van der Waals surface area contributed by atoms with Crippen LogP contribution >= 0.6 is 0 Å². The normalized spacial score (nSPS) is 9.67. The number of nitriles is 1. The Bertz CT molecular complexity index is 463. The van der Waals surface area contributed by atoms with E-state index in [1.165, 1.54) is 0 Å². The molecule has 4 heteroatoms. The highest BCUT2D eigenvalue weighted by Crippen LogP contribution is 2.18. The molecule has 0 unspecified atom stereocenters. The molecule has 0 fully saturated rings. The number of carbonyl (C=O) groups excluding carboxylic acids is 1. The number of ether oxygens (including phenoxy) is 1. The summed E-state index contributed by atoms with van der Waals surface area (Å²) in [6.45, 7) is 7.00. The van der Waals surface area contributed by atoms with E-state index in [9.17, 15) is 4.79 Å². The smallest absolute Gasteiger partial charge is 0.325 e. The number of hydrogen-bond acceptors (Lipinski definition) is 4. The Hall–Kier alpha value is -2.02. The molecule has 4 nitrogen and oxygen atoms in total. The first-order valence-corrected chi connectivity index (χ1v) is 6.03. The summed E-state index contributed by atoms with van der Waals surface area (Å²) in [5.41, 5.74) is 2.50. The lowest BCUT2D eigenvalue weighted by Gasteiger charge is -2.22. The van der Waals surface area contributed by atoms with Crippen molar-refractivity contribution in [2.45, 2.75) is 20.8 Å². The molecule has 0 amide bonds. The van der Waals surface area contributed by atoms with Gasteiger partial charge in [-0.2, -0.15) is 5.26 Å². The van der Waals surface area contributed by atoms with Gasteiger partial charge < -0.3 is 9.64 Å². The van der Waals surface area contributed by atoms with E-state index in [1.54, 1.807) is 13.0 Å². The molecule has 0 aliphatic rings. The second kappa shape index (κ2) is 6.65. The Balaban J connectivity index is 2.86. The molecule has 0 saturated heterocycles. The minimum absolute atomic E-state index is 0.232. The molecule has 0 heterocycles. The van der Waals surface area contributed by atoms with Gasteiger partial charge in [0.05, 0.1) is 18.2 Å². The average Bonchev–Trinajstić information content (AvgIpc) is 2.36. The fourth-order valence-electron chi connectivity index (χ4n) is 1.72. The van der Waals surface area contributed by atoms with E-state index in [2.05, 4.69) is 6.07 Å². The summed E-state index contributed by atoms with van der Waals surface area (Å²) in [6, 6.07) is 7.68. The van der Waals surface area contributed by atoms with Crippen molar-refractivity contribution in [3.05, 3.63) is 29.3 Å². The third-order valence-corrected chi connectivity index (χ3v) is 2.70. The fraction of sp³-hybridized carbons (Fsp3) is 0.429. The van der Waals surface area contributed by atoms with Gasteiger partial charge in [-0.15, -0.1) is 0 Å². The van der Waals surface area contributed by atoms with Gasteiger partial charge in [-0.3, -0.25) is 4.79 Å². The van der Waals surface area contributed by atoms with Crippen LogP contribution in [0.1, 0.15) is 25.0 Å². The minimum atomic E-state index is -0.235. The van der Waals surface area contributed by atoms with Crippen molar-refractivity contribution in [3.8, 4) is 6.07 Å². The monoisotopic (exact) mass is 246 g/mol. The van der Waals surface area contributed by atoms with Gasteiger partial charge in [-0.25, -0.2) is 0 Å². The van der Waals surface area contributed by atoms with Crippen LogP contribution in [0.2, 0.25) is 0 Å². The van der Waals surface area contributed by atoms with Crippen molar-refractivity contribution >= 4 is 11.7 Å². The van der Waals surface area contributed by atoms with Crippen LogP contribution in [0.25, 0.3) is 0 Å². The summed E-state index contributed by atoms with van der Waals surface area (Å²) in [5, 5.41) is 8.88. The second-order valence-electron chi connectivity index (χ2n) is 3.93. The zero-order chi connectivity index (χ0) is 13.5. The van der Waals surface area contributed by atoms with Crippen LogP contribution in [0.3, 0.4) is 0 Å². The van der Waals surface area contributed by atoms with E-state index in [0.717, 1.165) is 11.3 Å². The van der Waals surface area contributed by atoms with Crippen LogP contribution < -0.4 is 4.90 Å². The predicted molar refractivity (Wildman–Crippen MR) is 70.4 cm³/mol. The van der Waals surface area contributed by atoms with E-state index in [-0.39, 0.29) is 12.5 Å². The summed E-state index contributed by atoms with van der Waals surface area (Å²) >= 11 is 0. The Labute approximate surface area is 108 Å². The Morgan fingerprint density at radius 3 is 2.67 bits per heavy atom. The SMILES string of the molecule is CCOC(=O)CN(CC)c1ccc(C#N)c(C)c1. The number of esters is 1. The first-order valence-electron chi connectivity index (χ1n) is 6.03. The standard InChI is InChI=1S/C14H18N2O2/c1-4-16(10-14(17)18-5-2)13-7-6-12(9-15)11(3)8-13/h6-8H,4-5,10H2,1-3H3. The lowest BCUT2D eigenvalue weighted by atomic mass is 10.1. The molecular weight excluding hydrogens is 228 g/mol.